The number of ether oxygens (including phenoxy) is 1. The van der Waals surface area contributed by atoms with Crippen LogP contribution in [0, 0.1) is 0 Å². The molecule has 1 aliphatic carbocycles. The van der Waals surface area contributed by atoms with Crippen molar-refractivity contribution in [2.24, 2.45) is 0 Å². The molecular weight excluding hydrogens is 226 g/mol. The summed E-state index contributed by atoms with van der Waals surface area (Å²) in [5, 5.41) is 3.37. The van der Waals surface area contributed by atoms with Crippen LogP contribution in [0.2, 0.25) is 0 Å². The molecular formula is C15H21NO2. The van der Waals surface area contributed by atoms with Crippen LogP contribution in [0.25, 0.3) is 0 Å². The Hall–Kier alpha value is -1.35. The number of methoxy groups -OCH3 is 1. The zero-order valence-electron chi connectivity index (χ0n) is 10.9. The molecule has 0 aromatic heterocycles. The van der Waals surface area contributed by atoms with Gasteiger partial charge in [0.15, 0.2) is 5.78 Å². The van der Waals surface area contributed by atoms with Crippen LogP contribution >= 0.6 is 0 Å². The Bertz CT molecular complexity index is 380. The Morgan fingerprint density at radius 3 is 2.50 bits per heavy atom. The van der Waals surface area contributed by atoms with Crippen LogP contribution in [0.15, 0.2) is 24.3 Å². The third kappa shape index (κ3) is 3.57. The van der Waals surface area contributed by atoms with Crippen molar-refractivity contribution >= 4 is 5.78 Å². The number of hydrogen-bond donors (Lipinski definition) is 1. The molecule has 0 atom stereocenters. The van der Waals surface area contributed by atoms with Gasteiger partial charge < -0.3 is 10.1 Å². The molecule has 0 saturated heterocycles. The van der Waals surface area contributed by atoms with Gasteiger partial charge in [0.25, 0.3) is 0 Å². The Labute approximate surface area is 109 Å². The molecule has 1 fully saturated rings. The zero-order chi connectivity index (χ0) is 12.8. The summed E-state index contributed by atoms with van der Waals surface area (Å²) >= 11 is 0. The molecule has 1 aromatic carbocycles. The number of nitrogens with one attached hydrogen (secondary N) is 1. The molecule has 2 rings (SSSR count). The van der Waals surface area contributed by atoms with Crippen LogP contribution in [-0.2, 0) is 0 Å². The summed E-state index contributed by atoms with van der Waals surface area (Å²) < 4.78 is 5.08. The highest BCUT2D eigenvalue weighted by Gasteiger charge is 2.14. The Balaban J connectivity index is 1.82. The van der Waals surface area contributed by atoms with Crippen LogP contribution < -0.4 is 10.1 Å². The quantitative estimate of drug-likeness (QED) is 0.813. The smallest absolute Gasteiger partial charge is 0.176 e. The third-order valence-electron chi connectivity index (χ3n) is 3.57. The molecule has 0 heterocycles. The van der Waals surface area contributed by atoms with Crippen molar-refractivity contribution < 1.29 is 9.53 Å². The minimum absolute atomic E-state index is 0.156. The fourth-order valence-electron chi connectivity index (χ4n) is 2.42. The second-order valence-corrected chi connectivity index (χ2v) is 4.87. The van der Waals surface area contributed by atoms with E-state index in [1.54, 1.807) is 7.11 Å². The minimum Gasteiger partial charge on any atom is -0.497 e. The standard InChI is InChI=1S/C15H21NO2/c1-18-14-9-7-12(8-10-14)15(17)11-16-13-5-3-2-4-6-13/h7-10,13,16H,2-6,11H2,1H3. The number of carbonyl (C=O) groups excluding carboxylic acids is 1. The summed E-state index contributed by atoms with van der Waals surface area (Å²) in [4.78, 5) is 12.0. The molecule has 1 saturated carbocycles. The lowest BCUT2D eigenvalue weighted by atomic mass is 9.95. The van der Waals surface area contributed by atoms with Crippen LogP contribution in [0.1, 0.15) is 42.5 Å². The lowest BCUT2D eigenvalue weighted by Crippen LogP contribution is -2.35. The van der Waals surface area contributed by atoms with Gasteiger partial charge in [-0.25, -0.2) is 0 Å². The SMILES string of the molecule is COc1ccc(C(=O)CNC2CCCCC2)cc1. The summed E-state index contributed by atoms with van der Waals surface area (Å²) in [6, 6.07) is 7.83. The molecule has 3 heteroatoms. The average Bonchev–Trinajstić information content (AvgIpc) is 2.46. The van der Waals surface area contributed by atoms with Crippen LogP contribution in [0.5, 0.6) is 5.75 Å². The van der Waals surface area contributed by atoms with Crippen LogP contribution in [0.4, 0.5) is 0 Å². The molecule has 0 spiro atoms. The predicted octanol–water partition coefficient (Wildman–Crippen LogP) is 2.80. The van der Waals surface area contributed by atoms with Gasteiger partial charge in [-0.15, -0.1) is 0 Å². The van der Waals surface area contributed by atoms with Crippen molar-refractivity contribution in [1.29, 1.82) is 0 Å². The molecule has 0 amide bonds. The van der Waals surface area contributed by atoms with Gasteiger partial charge in [-0.1, -0.05) is 19.3 Å². The Morgan fingerprint density at radius 2 is 1.89 bits per heavy atom. The summed E-state index contributed by atoms with van der Waals surface area (Å²) in [5.41, 5.74) is 0.749. The number of carbonyl (C=O) groups is 1. The predicted molar refractivity (Wildman–Crippen MR) is 72.2 cm³/mol. The van der Waals surface area contributed by atoms with E-state index in [2.05, 4.69) is 5.32 Å². The fourth-order valence-corrected chi connectivity index (χ4v) is 2.42. The largest absolute Gasteiger partial charge is 0.497 e. The van der Waals surface area contributed by atoms with Gasteiger partial charge in [0.1, 0.15) is 5.75 Å². The van der Waals surface area contributed by atoms with Gasteiger partial charge in [0, 0.05) is 11.6 Å². The van der Waals surface area contributed by atoms with E-state index in [-0.39, 0.29) is 5.78 Å². The van der Waals surface area contributed by atoms with Crippen LogP contribution in [0.3, 0.4) is 0 Å². The first-order chi connectivity index (χ1) is 8.79. The maximum absolute atomic E-state index is 12.0. The first-order valence-electron chi connectivity index (χ1n) is 6.70. The van der Waals surface area contributed by atoms with E-state index in [1.165, 1.54) is 32.1 Å². The first-order valence-corrected chi connectivity index (χ1v) is 6.70. The van der Waals surface area contributed by atoms with Crippen molar-refractivity contribution in [1.82, 2.24) is 5.32 Å². The Morgan fingerprint density at radius 1 is 1.22 bits per heavy atom. The van der Waals surface area contributed by atoms with Crippen LogP contribution in [-0.4, -0.2) is 25.5 Å². The maximum Gasteiger partial charge on any atom is 0.176 e. The molecule has 0 unspecified atom stereocenters. The number of hydrogen-bond acceptors (Lipinski definition) is 3. The highest BCUT2D eigenvalue weighted by molar-refractivity contribution is 5.97. The van der Waals surface area contributed by atoms with E-state index in [0.29, 0.717) is 12.6 Å². The topological polar surface area (TPSA) is 38.3 Å². The van der Waals surface area contributed by atoms with E-state index in [9.17, 15) is 4.79 Å². The van der Waals surface area contributed by atoms with Crippen molar-refractivity contribution in [3.8, 4) is 5.75 Å². The third-order valence-corrected chi connectivity index (χ3v) is 3.57. The van der Waals surface area contributed by atoms with E-state index >= 15 is 0 Å². The second-order valence-electron chi connectivity index (χ2n) is 4.87. The number of ketones is 1. The normalized spacial score (nSPS) is 16.5. The summed E-state index contributed by atoms with van der Waals surface area (Å²) in [7, 11) is 1.63. The second kappa shape index (κ2) is 6.55. The number of rotatable bonds is 5. The molecule has 18 heavy (non-hydrogen) atoms. The van der Waals surface area contributed by atoms with Gasteiger partial charge in [-0.05, 0) is 37.1 Å². The number of Topliss-reactive ketones (excluding diaryl/α,β-unsaturated/α-hetero) is 1. The van der Waals surface area contributed by atoms with Crippen molar-refractivity contribution in [3.63, 3.8) is 0 Å². The van der Waals surface area contributed by atoms with Gasteiger partial charge in [0.05, 0.1) is 13.7 Å². The lowest BCUT2D eigenvalue weighted by molar-refractivity contribution is 0.0984. The lowest BCUT2D eigenvalue weighted by Gasteiger charge is -2.22. The fraction of sp³-hybridized carbons (Fsp3) is 0.533. The van der Waals surface area contributed by atoms with Gasteiger partial charge >= 0.3 is 0 Å². The maximum atomic E-state index is 12.0. The molecule has 1 N–H and O–H groups in total. The van der Waals surface area contributed by atoms with E-state index < -0.39 is 0 Å². The highest BCUT2D eigenvalue weighted by Crippen LogP contribution is 2.17. The monoisotopic (exact) mass is 247 g/mol. The highest BCUT2D eigenvalue weighted by atomic mass is 16.5. The van der Waals surface area contributed by atoms with Gasteiger partial charge in [-0.2, -0.15) is 0 Å². The van der Waals surface area contributed by atoms with E-state index in [4.69, 9.17) is 4.74 Å². The summed E-state index contributed by atoms with van der Waals surface area (Å²) in [5.74, 6) is 0.940. The van der Waals surface area contributed by atoms with Crippen molar-refractivity contribution in [3.05, 3.63) is 29.8 Å². The van der Waals surface area contributed by atoms with Gasteiger partial charge in [-0.3, -0.25) is 4.79 Å². The van der Waals surface area contributed by atoms with Gasteiger partial charge in [0.2, 0.25) is 0 Å². The summed E-state index contributed by atoms with van der Waals surface area (Å²) in [6.07, 6.45) is 6.32. The molecule has 0 bridgehead atoms. The van der Waals surface area contributed by atoms with Crippen molar-refractivity contribution in [2.75, 3.05) is 13.7 Å². The molecule has 1 aliphatic rings. The van der Waals surface area contributed by atoms with E-state index in [0.717, 1.165) is 11.3 Å². The molecule has 0 aliphatic heterocycles. The average molecular weight is 247 g/mol. The minimum atomic E-state index is 0.156. The Kier molecular flexibility index (Phi) is 4.76. The summed E-state index contributed by atoms with van der Waals surface area (Å²) in [6.45, 7) is 0.441. The zero-order valence-corrected chi connectivity index (χ0v) is 10.9. The van der Waals surface area contributed by atoms with Crippen molar-refractivity contribution in [2.45, 2.75) is 38.1 Å². The van der Waals surface area contributed by atoms with E-state index in [1.807, 2.05) is 24.3 Å². The molecule has 1 aromatic rings. The molecule has 98 valence electrons. The molecule has 0 radical (unpaired) electrons. The first kappa shape index (κ1) is 13.1. The molecule has 3 nitrogen and oxygen atoms in total. The number of benzene rings is 1.